The van der Waals surface area contributed by atoms with Gasteiger partial charge in [-0.1, -0.05) is 6.07 Å². The van der Waals surface area contributed by atoms with E-state index in [1.807, 2.05) is 13.0 Å². The van der Waals surface area contributed by atoms with Crippen molar-refractivity contribution in [3.05, 3.63) is 29.3 Å². The SMILES string of the molecule is COCC(N)c1ccc(O)cc1C. The summed E-state index contributed by atoms with van der Waals surface area (Å²) in [6, 6.07) is 5.04. The van der Waals surface area contributed by atoms with Gasteiger partial charge in [-0.3, -0.25) is 0 Å². The van der Waals surface area contributed by atoms with Gasteiger partial charge in [-0.05, 0) is 30.2 Å². The van der Waals surface area contributed by atoms with Gasteiger partial charge < -0.3 is 15.6 Å². The topological polar surface area (TPSA) is 55.5 Å². The van der Waals surface area contributed by atoms with Crippen LogP contribution in [0.2, 0.25) is 0 Å². The Morgan fingerprint density at radius 3 is 2.77 bits per heavy atom. The van der Waals surface area contributed by atoms with Crippen LogP contribution in [0.4, 0.5) is 0 Å². The summed E-state index contributed by atoms with van der Waals surface area (Å²) in [6.45, 7) is 2.41. The van der Waals surface area contributed by atoms with Crippen LogP contribution in [0.5, 0.6) is 5.75 Å². The average Bonchev–Trinajstić information content (AvgIpc) is 2.04. The normalized spacial score (nSPS) is 12.8. The lowest BCUT2D eigenvalue weighted by atomic mass is 10.0. The second-order valence-corrected chi connectivity index (χ2v) is 3.10. The molecule has 3 heteroatoms. The summed E-state index contributed by atoms with van der Waals surface area (Å²) in [5.41, 5.74) is 7.85. The minimum absolute atomic E-state index is 0.120. The van der Waals surface area contributed by atoms with E-state index in [1.165, 1.54) is 0 Å². The maximum Gasteiger partial charge on any atom is 0.115 e. The van der Waals surface area contributed by atoms with Crippen molar-refractivity contribution >= 4 is 0 Å². The molecular weight excluding hydrogens is 166 g/mol. The number of ether oxygens (including phenoxy) is 1. The van der Waals surface area contributed by atoms with E-state index >= 15 is 0 Å². The number of aromatic hydroxyl groups is 1. The molecule has 0 radical (unpaired) electrons. The fourth-order valence-corrected chi connectivity index (χ4v) is 1.35. The van der Waals surface area contributed by atoms with Gasteiger partial charge in [0, 0.05) is 7.11 Å². The number of phenolic OH excluding ortho intramolecular Hbond substituents is 1. The molecule has 1 unspecified atom stereocenters. The van der Waals surface area contributed by atoms with E-state index in [4.69, 9.17) is 10.5 Å². The van der Waals surface area contributed by atoms with Crippen molar-refractivity contribution in [3.8, 4) is 5.75 Å². The average molecular weight is 181 g/mol. The summed E-state index contributed by atoms with van der Waals surface area (Å²) < 4.78 is 4.96. The molecule has 0 aliphatic heterocycles. The van der Waals surface area contributed by atoms with Crippen LogP contribution in [-0.2, 0) is 4.74 Å². The molecule has 1 aromatic rings. The molecule has 1 aromatic carbocycles. The first-order chi connectivity index (χ1) is 6.15. The Labute approximate surface area is 78.1 Å². The van der Waals surface area contributed by atoms with Crippen molar-refractivity contribution < 1.29 is 9.84 Å². The molecule has 0 aromatic heterocycles. The monoisotopic (exact) mass is 181 g/mol. The van der Waals surface area contributed by atoms with E-state index < -0.39 is 0 Å². The molecule has 0 aliphatic rings. The smallest absolute Gasteiger partial charge is 0.115 e. The molecule has 13 heavy (non-hydrogen) atoms. The highest BCUT2D eigenvalue weighted by molar-refractivity contribution is 5.35. The fraction of sp³-hybridized carbons (Fsp3) is 0.400. The predicted molar refractivity (Wildman–Crippen MR) is 51.6 cm³/mol. The fourth-order valence-electron chi connectivity index (χ4n) is 1.35. The van der Waals surface area contributed by atoms with Gasteiger partial charge in [0.15, 0.2) is 0 Å². The highest BCUT2D eigenvalue weighted by atomic mass is 16.5. The van der Waals surface area contributed by atoms with Gasteiger partial charge in [-0.15, -0.1) is 0 Å². The summed E-state index contributed by atoms with van der Waals surface area (Å²) in [7, 11) is 1.62. The maximum absolute atomic E-state index is 9.18. The Bertz CT molecular complexity index is 286. The largest absolute Gasteiger partial charge is 0.508 e. The summed E-state index contributed by atoms with van der Waals surface area (Å²) in [4.78, 5) is 0. The lowest BCUT2D eigenvalue weighted by Gasteiger charge is -2.13. The maximum atomic E-state index is 9.18. The summed E-state index contributed by atoms with van der Waals surface area (Å²) in [5.74, 6) is 0.269. The van der Waals surface area contributed by atoms with E-state index in [1.54, 1.807) is 19.2 Å². The zero-order valence-corrected chi connectivity index (χ0v) is 7.95. The Balaban J connectivity index is 2.88. The minimum atomic E-state index is -0.120. The molecule has 3 nitrogen and oxygen atoms in total. The number of aryl methyl sites for hydroxylation is 1. The van der Waals surface area contributed by atoms with Gasteiger partial charge in [0.2, 0.25) is 0 Å². The van der Waals surface area contributed by atoms with Crippen molar-refractivity contribution in [2.75, 3.05) is 13.7 Å². The van der Waals surface area contributed by atoms with Gasteiger partial charge in [0.25, 0.3) is 0 Å². The van der Waals surface area contributed by atoms with Gasteiger partial charge >= 0.3 is 0 Å². The zero-order chi connectivity index (χ0) is 9.84. The van der Waals surface area contributed by atoms with E-state index in [0.717, 1.165) is 11.1 Å². The van der Waals surface area contributed by atoms with Gasteiger partial charge in [-0.25, -0.2) is 0 Å². The number of hydrogen-bond acceptors (Lipinski definition) is 3. The highest BCUT2D eigenvalue weighted by Crippen LogP contribution is 2.20. The molecule has 0 aliphatic carbocycles. The van der Waals surface area contributed by atoms with Gasteiger partial charge in [-0.2, -0.15) is 0 Å². The Morgan fingerprint density at radius 2 is 2.23 bits per heavy atom. The van der Waals surface area contributed by atoms with Crippen molar-refractivity contribution in [1.29, 1.82) is 0 Å². The summed E-state index contributed by atoms with van der Waals surface area (Å²) in [5, 5.41) is 9.18. The second-order valence-electron chi connectivity index (χ2n) is 3.10. The Hall–Kier alpha value is -1.06. The third-order valence-corrected chi connectivity index (χ3v) is 2.00. The van der Waals surface area contributed by atoms with Crippen LogP contribution in [0, 0.1) is 6.92 Å². The van der Waals surface area contributed by atoms with Crippen molar-refractivity contribution in [2.45, 2.75) is 13.0 Å². The summed E-state index contributed by atoms with van der Waals surface area (Å²) >= 11 is 0. The summed E-state index contributed by atoms with van der Waals surface area (Å²) in [6.07, 6.45) is 0. The van der Waals surface area contributed by atoms with Crippen LogP contribution in [0.25, 0.3) is 0 Å². The first kappa shape index (κ1) is 10.0. The van der Waals surface area contributed by atoms with E-state index in [0.29, 0.717) is 6.61 Å². The highest BCUT2D eigenvalue weighted by Gasteiger charge is 2.08. The quantitative estimate of drug-likeness (QED) is 0.740. The third-order valence-electron chi connectivity index (χ3n) is 2.00. The lowest BCUT2D eigenvalue weighted by Crippen LogP contribution is -2.17. The van der Waals surface area contributed by atoms with Crippen LogP contribution in [0.15, 0.2) is 18.2 Å². The number of methoxy groups -OCH3 is 1. The molecule has 1 rings (SSSR count). The molecule has 0 amide bonds. The number of rotatable bonds is 3. The first-order valence-corrected chi connectivity index (χ1v) is 4.19. The third kappa shape index (κ3) is 2.44. The van der Waals surface area contributed by atoms with E-state index in [9.17, 15) is 5.11 Å². The molecule has 0 heterocycles. The molecule has 0 saturated heterocycles. The minimum Gasteiger partial charge on any atom is -0.508 e. The van der Waals surface area contributed by atoms with Crippen LogP contribution < -0.4 is 5.73 Å². The van der Waals surface area contributed by atoms with Crippen molar-refractivity contribution in [1.82, 2.24) is 0 Å². The molecule has 0 spiro atoms. The molecule has 0 bridgehead atoms. The molecule has 72 valence electrons. The standard InChI is InChI=1S/C10H15NO2/c1-7-5-8(12)3-4-9(7)10(11)6-13-2/h3-5,10,12H,6,11H2,1-2H3. The van der Waals surface area contributed by atoms with Crippen LogP contribution in [0.3, 0.4) is 0 Å². The number of nitrogens with two attached hydrogens (primary N) is 1. The van der Waals surface area contributed by atoms with Gasteiger partial charge in [0.1, 0.15) is 5.75 Å². The molecule has 0 saturated carbocycles. The van der Waals surface area contributed by atoms with E-state index in [-0.39, 0.29) is 11.8 Å². The van der Waals surface area contributed by atoms with Crippen molar-refractivity contribution in [2.24, 2.45) is 5.73 Å². The van der Waals surface area contributed by atoms with Crippen molar-refractivity contribution in [3.63, 3.8) is 0 Å². The van der Waals surface area contributed by atoms with Crippen LogP contribution in [0.1, 0.15) is 17.2 Å². The predicted octanol–water partition coefficient (Wildman–Crippen LogP) is 1.35. The lowest BCUT2D eigenvalue weighted by molar-refractivity contribution is 0.180. The van der Waals surface area contributed by atoms with Gasteiger partial charge in [0.05, 0.1) is 12.6 Å². The zero-order valence-electron chi connectivity index (χ0n) is 7.95. The molecule has 3 N–H and O–H groups in total. The van der Waals surface area contributed by atoms with E-state index in [2.05, 4.69) is 0 Å². The number of hydrogen-bond donors (Lipinski definition) is 2. The first-order valence-electron chi connectivity index (χ1n) is 4.19. The molecular formula is C10H15NO2. The Morgan fingerprint density at radius 1 is 1.54 bits per heavy atom. The Kier molecular flexibility index (Phi) is 3.28. The second kappa shape index (κ2) is 4.25. The molecule has 1 atom stereocenters. The number of phenols is 1. The van der Waals surface area contributed by atoms with Crippen LogP contribution >= 0.6 is 0 Å². The number of benzene rings is 1. The van der Waals surface area contributed by atoms with Crippen LogP contribution in [-0.4, -0.2) is 18.8 Å². The molecule has 0 fully saturated rings.